The molecule has 1 N–H and O–H groups in total. The van der Waals surface area contributed by atoms with Crippen molar-refractivity contribution >= 4 is 15.5 Å². The van der Waals surface area contributed by atoms with E-state index in [0.717, 1.165) is 18.8 Å². The van der Waals surface area contributed by atoms with Gasteiger partial charge in [0.2, 0.25) is 0 Å². The van der Waals surface area contributed by atoms with Gasteiger partial charge in [0, 0.05) is 32.1 Å². The maximum absolute atomic E-state index is 11.2. The van der Waals surface area contributed by atoms with Crippen molar-refractivity contribution in [1.29, 1.82) is 0 Å². The Balaban J connectivity index is 2.64. The molecule has 1 aromatic rings. The molecule has 4 nitrogen and oxygen atoms in total. The predicted molar refractivity (Wildman–Crippen MR) is 90.7 cm³/mol. The summed E-state index contributed by atoms with van der Waals surface area (Å²) in [6.45, 7) is 8.88. The Morgan fingerprint density at radius 1 is 1.29 bits per heavy atom. The van der Waals surface area contributed by atoms with Crippen LogP contribution >= 0.6 is 0 Å². The highest BCUT2D eigenvalue weighted by molar-refractivity contribution is 7.90. The maximum Gasteiger partial charge on any atom is 0.149 e. The van der Waals surface area contributed by atoms with Gasteiger partial charge in [-0.15, -0.1) is 0 Å². The molecule has 5 heteroatoms. The van der Waals surface area contributed by atoms with Crippen molar-refractivity contribution in [3.8, 4) is 0 Å². The van der Waals surface area contributed by atoms with E-state index in [0.29, 0.717) is 12.5 Å². The SMILES string of the molecule is Cc1cc(N(C)CCS(C)(=O)=O)ccc1CNCC(C)C. The second-order valence-corrected chi connectivity index (χ2v) is 8.45. The number of rotatable bonds is 8. The molecule has 0 heterocycles. The number of benzene rings is 1. The van der Waals surface area contributed by atoms with Gasteiger partial charge in [-0.3, -0.25) is 0 Å². The molecule has 0 unspecified atom stereocenters. The normalized spacial score (nSPS) is 11.9. The van der Waals surface area contributed by atoms with Crippen LogP contribution in [0.1, 0.15) is 25.0 Å². The van der Waals surface area contributed by atoms with E-state index in [1.54, 1.807) is 0 Å². The molecule has 0 aliphatic heterocycles. The smallest absolute Gasteiger partial charge is 0.149 e. The van der Waals surface area contributed by atoms with Crippen molar-refractivity contribution in [2.75, 3.05) is 37.0 Å². The molecule has 0 radical (unpaired) electrons. The summed E-state index contributed by atoms with van der Waals surface area (Å²) in [5, 5.41) is 3.44. The van der Waals surface area contributed by atoms with Gasteiger partial charge in [0.15, 0.2) is 0 Å². The van der Waals surface area contributed by atoms with Gasteiger partial charge in [-0.25, -0.2) is 8.42 Å². The fraction of sp³-hybridized carbons (Fsp3) is 0.625. The minimum Gasteiger partial charge on any atom is -0.374 e. The molecule has 1 rings (SSSR count). The van der Waals surface area contributed by atoms with Gasteiger partial charge in [-0.05, 0) is 42.6 Å². The fourth-order valence-electron chi connectivity index (χ4n) is 2.04. The number of nitrogens with zero attached hydrogens (tertiary/aromatic N) is 1. The van der Waals surface area contributed by atoms with Crippen molar-refractivity contribution < 1.29 is 8.42 Å². The van der Waals surface area contributed by atoms with E-state index in [2.05, 4.69) is 44.3 Å². The van der Waals surface area contributed by atoms with Gasteiger partial charge in [-0.2, -0.15) is 0 Å². The predicted octanol–water partition coefficient (Wildman–Crippen LogP) is 2.22. The number of hydrogen-bond donors (Lipinski definition) is 1. The monoisotopic (exact) mass is 312 g/mol. The number of nitrogens with one attached hydrogen (secondary N) is 1. The molecule has 0 bridgehead atoms. The zero-order valence-corrected chi connectivity index (χ0v) is 14.6. The summed E-state index contributed by atoms with van der Waals surface area (Å²) >= 11 is 0. The van der Waals surface area contributed by atoms with Gasteiger partial charge >= 0.3 is 0 Å². The number of anilines is 1. The molecule has 120 valence electrons. The fourth-order valence-corrected chi connectivity index (χ4v) is 2.65. The van der Waals surface area contributed by atoms with Crippen LogP contribution in [0.3, 0.4) is 0 Å². The van der Waals surface area contributed by atoms with Gasteiger partial charge in [0.1, 0.15) is 9.84 Å². The Labute approximate surface area is 129 Å². The van der Waals surface area contributed by atoms with Crippen LogP contribution in [0.2, 0.25) is 0 Å². The first-order valence-electron chi connectivity index (χ1n) is 7.38. The maximum atomic E-state index is 11.2. The summed E-state index contributed by atoms with van der Waals surface area (Å²) in [7, 11) is -0.990. The van der Waals surface area contributed by atoms with E-state index in [9.17, 15) is 8.42 Å². The van der Waals surface area contributed by atoms with Crippen LogP contribution in [0.15, 0.2) is 18.2 Å². The Hall–Kier alpha value is -1.07. The Kier molecular flexibility index (Phi) is 6.68. The Morgan fingerprint density at radius 3 is 2.48 bits per heavy atom. The largest absolute Gasteiger partial charge is 0.374 e. The highest BCUT2D eigenvalue weighted by Crippen LogP contribution is 2.18. The third kappa shape index (κ3) is 6.96. The lowest BCUT2D eigenvalue weighted by Gasteiger charge is -2.20. The molecule has 0 aliphatic rings. The highest BCUT2D eigenvalue weighted by atomic mass is 32.2. The average Bonchev–Trinajstić information content (AvgIpc) is 2.36. The highest BCUT2D eigenvalue weighted by Gasteiger charge is 2.08. The molecule has 0 aromatic heterocycles. The minimum atomic E-state index is -2.92. The Bertz CT molecular complexity index is 553. The quantitative estimate of drug-likeness (QED) is 0.800. The minimum absolute atomic E-state index is 0.181. The third-order valence-electron chi connectivity index (χ3n) is 3.43. The van der Waals surface area contributed by atoms with E-state index < -0.39 is 9.84 Å². The summed E-state index contributed by atoms with van der Waals surface area (Å²) in [4.78, 5) is 1.99. The van der Waals surface area contributed by atoms with Crippen molar-refractivity contribution in [3.05, 3.63) is 29.3 Å². The first-order chi connectivity index (χ1) is 9.69. The van der Waals surface area contributed by atoms with Crippen LogP contribution < -0.4 is 10.2 Å². The summed E-state index contributed by atoms with van der Waals surface area (Å²) in [6, 6.07) is 6.30. The first-order valence-corrected chi connectivity index (χ1v) is 9.44. The lowest BCUT2D eigenvalue weighted by Crippen LogP contribution is -2.25. The summed E-state index contributed by atoms with van der Waals surface area (Å²) < 4.78 is 22.5. The number of hydrogen-bond acceptors (Lipinski definition) is 4. The number of sulfone groups is 1. The average molecular weight is 312 g/mol. The molecular formula is C16H28N2O2S. The van der Waals surface area contributed by atoms with E-state index in [1.165, 1.54) is 17.4 Å². The number of aryl methyl sites for hydroxylation is 1. The second kappa shape index (κ2) is 7.80. The molecule has 0 saturated heterocycles. The lowest BCUT2D eigenvalue weighted by molar-refractivity contribution is 0.551. The molecule has 0 fully saturated rings. The van der Waals surface area contributed by atoms with Crippen molar-refractivity contribution in [2.45, 2.75) is 27.3 Å². The zero-order chi connectivity index (χ0) is 16.0. The van der Waals surface area contributed by atoms with Crippen LogP contribution in [0.5, 0.6) is 0 Å². The summed E-state index contributed by atoms with van der Waals surface area (Å²) in [5.74, 6) is 0.826. The van der Waals surface area contributed by atoms with Crippen molar-refractivity contribution in [3.63, 3.8) is 0 Å². The molecule has 0 saturated carbocycles. The Morgan fingerprint density at radius 2 is 1.95 bits per heavy atom. The molecule has 21 heavy (non-hydrogen) atoms. The molecule has 0 aliphatic carbocycles. The molecule has 0 amide bonds. The van der Waals surface area contributed by atoms with Crippen LogP contribution in [0.4, 0.5) is 5.69 Å². The zero-order valence-electron chi connectivity index (χ0n) is 13.8. The van der Waals surface area contributed by atoms with Gasteiger partial charge in [-0.1, -0.05) is 19.9 Å². The van der Waals surface area contributed by atoms with Gasteiger partial charge in [0.05, 0.1) is 5.75 Å². The molecule has 0 spiro atoms. The van der Waals surface area contributed by atoms with Gasteiger partial charge in [0.25, 0.3) is 0 Å². The molecule has 1 aromatic carbocycles. The third-order valence-corrected chi connectivity index (χ3v) is 4.36. The van der Waals surface area contributed by atoms with E-state index in [4.69, 9.17) is 0 Å². The van der Waals surface area contributed by atoms with Crippen molar-refractivity contribution in [1.82, 2.24) is 5.32 Å². The molecular weight excluding hydrogens is 284 g/mol. The molecule has 0 atom stereocenters. The van der Waals surface area contributed by atoms with Crippen LogP contribution in [-0.2, 0) is 16.4 Å². The lowest BCUT2D eigenvalue weighted by atomic mass is 10.1. The van der Waals surface area contributed by atoms with Crippen LogP contribution in [0.25, 0.3) is 0 Å². The van der Waals surface area contributed by atoms with Gasteiger partial charge < -0.3 is 10.2 Å². The van der Waals surface area contributed by atoms with E-state index in [1.807, 2.05) is 11.9 Å². The second-order valence-electron chi connectivity index (χ2n) is 6.19. The van der Waals surface area contributed by atoms with E-state index in [-0.39, 0.29) is 5.75 Å². The van der Waals surface area contributed by atoms with Crippen molar-refractivity contribution in [2.24, 2.45) is 5.92 Å². The topological polar surface area (TPSA) is 49.4 Å². The van der Waals surface area contributed by atoms with Crippen LogP contribution in [-0.4, -0.2) is 40.6 Å². The summed E-state index contributed by atoms with van der Waals surface area (Å²) in [6.07, 6.45) is 1.27. The standard InChI is InChI=1S/C16H28N2O2S/c1-13(2)11-17-12-15-6-7-16(10-14(15)3)18(4)8-9-21(5,19)20/h6-7,10,13,17H,8-9,11-12H2,1-5H3. The van der Waals surface area contributed by atoms with E-state index >= 15 is 0 Å². The first kappa shape index (κ1) is 18.0. The van der Waals surface area contributed by atoms with Crippen LogP contribution in [0, 0.1) is 12.8 Å². The summed E-state index contributed by atoms with van der Waals surface area (Å²) in [5.41, 5.74) is 3.58.